The van der Waals surface area contributed by atoms with Crippen LogP contribution in [0, 0.1) is 6.92 Å². The molecule has 5 nitrogen and oxygen atoms in total. The first kappa shape index (κ1) is 20.7. The molecule has 2 N–H and O–H groups in total. The Bertz CT molecular complexity index is 829. The fraction of sp³-hybridized carbons (Fsp3) is 0.368. The predicted octanol–water partition coefficient (Wildman–Crippen LogP) is 2.92. The molecule has 27 heavy (non-hydrogen) atoms. The predicted molar refractivity (Wildman–Crippen MR) is 94.6 cm³/mol. The van der Waals surface area contributed by atoms with Crippen molar-refractivity contribution in [2.45, 2.75) is 32.5 Å². The van der Waals surface area contributed by atoms with Crippen LogP contribution in [0.3, 0.4) is 0 Å². The summed E-state index contributed by atoms with van der Waals surface area (Å²) in [4.78, 5) is 25.7. The molecule has 0 radical (unpaired) electrons. The zero-order chi connectivity index (χ0) is 20.0. The molecule has 1 aliphatic rings. The number of hydrogen-bond acceptors (Lipinski definition) is 3. The second-order valence-electron chi connectivity index (χ2n) is 6.39. The van der Waals surface area contributed by atoms with Crippen molar-refractivity contribution >= 4 is 5.97 Å². The Morgan fingerprint density at radius 1 is 1.11 bits per heavy atom. The lowest BCUT2D eigenvalue weighted by molar-refractivity contribution is -0.192. The quantitative estimate of drug-likeness (QED) is 0.838. The number of alkyl halides is 3. The van der Waals surface area contributed by atoms with E-state index in [0.29, 0.717) is 0 Å². The van der Waals surface area contributed by atoms with Crippen molar-refractivity contribution in [2.75, 3.05) is 13.1 Å². The number of nitrogens with zero attached hydrogens (tertiary/aromatic N) is 1. The summed E-state index contributed by atoms with van der Waals surface area (Å²) in [6.45, 7) is 5.15. The molecule has 0 aliphatic carbocycles. The molecule has 0 spiro atoms. The van der Waals surface area contributed by atoms with Crippen LogP contribution in [0.4, 0.5) is 13.2 Å². The van der Waals surface area contributed by atoms with E-state index < -0.39 is 12.1 Å². The van der Waals surface area contributed by atoms with Gasteiger partial charge in [-0.15, -0.1) is 0 Å². The number of aliphatic carboxylic acids is 1. The number of carbonyl (C=O) groups is 1. The highest BCUT2D eigenvalue weighted by Crippen LogP contribution is 2.15. The van der Waals surface area contributed by atoms with Gasteiger partial charge in [0, 0.05) is 37.8 Å². The van der Waals surface area contributed by atoms with E-state index in [1.54, 1.807) is 6.07 Å². The fourth-order valence-corrected chi connectivity index (χ4v) is 2.77. The number of fused-ring (bicyclic) bond motifs is 1. The van der Waals surface area contributed by atoms with Crippen LogP contribution in [0.5, 0.6) is 0 Å². The van der Waals surface area contributed by atoms with Crippen LogP contribution >= 0.6 is 0 Å². The van der Waals surface area contributed by atoms with E-state index >= 15 is 0 Å². The monoisotopic (exact) mass is 382 g/mol. The third-order valence-electron chi connectivity index (χ3n) is 4.24. The standard InChI is InChI=1S/C17H20N2O.C2HF3O2/c1-13-2-4-14(5-3-13)12-19-10-8-15-6-7-17(20)18-16(15)9-11-19;3-2(4,5)1(6)7/h2-7H,8-12H2,1H3,(H,18,20);(H,6,7). The molecule has 0 unspecified atom stereocenters. The molecule has 0 saturated heterocycles. The normalized spacial score (nSPS) is 14.5. The van der Waals surface area contributed by atoms with Gasteiger partial charge >= 0.3 is 12.1 Å². The van der Waals surface area contributed by atoms with Gasteiger partial charge in [0.25, 0.3) is 0 Å². The van der Waals surface area contributed by atoms with Crippen LogP contribution in [0.15, 0.2) is 41.2 Å². The highest BCUT2D eigenvalue weighted by atomic mass is 19.4. The highest BCUT2D eigenvalue weighted by Gasteiger charge is 2.38. The minimum absolute atomic E-state index is 0.00994. The molecule has 0 saturated carbocycles. The Balaban J connectivity index is 0.000000321. The number of aromatic nitrogens is 1. The molecule has 1 aliphatic heterocycles. The molecule has 3 rings (SSSR count). The number of rotatable bonds is 2. The number of carboxylic acid groups (broad SMARTS) is 1. The van der Waals surface area contributed by atoms with Crippen LogP contribution in [0.1, 0.15) is 22.4 Å². The first-order valence-electron chi connectivity index (χ1n) is 8.44. The van der Waals surface area contributed by atoms with Crippen molar-refractivity contribution in [2.24, 2.45) is 0 Å². The second kappa shape index (κ2) is 8.85. The van der Waals surface area contributed by atoms with Crippen LogP contribution in [-0.2, 0) is 24.2 Å². The van der Waals surface area contributed by atoms with Crippen LogP contribution in [0.25, 0.3) is 0 Å². The van der Waals surface area contributed by atoms with E-state index in [1.165, 1.54) is 16.7 Å². The van der Waals surface area contributed by atoms with E-state index in [1.807, 2.05) is 6.07 Å². The average molecular weight is 382 g/mol. The molecule has 0 atom stereocenters. The topological polar surface area (TPSA) is 73.4 Å². The van der Waals surface area contributed by atoms with E-state index in [2.05, 4.69) is 41.1 Å². The first-order valence-corrected chi connectivity index (χ1v) is 8.44. The van der Waals surface area contributed by atoms with Crippen LogP contribution in [-0.4, -0.2) is 40.2 Å². The van der Waals surface area contributed by atoms with Crippen LogP contribution < -0.4 is 5.56 Å². The Hall–Kier alpha value is -2.61. The van der Waals surface area contributed by atoms with Gasteiger partial charge in [0.1, 0.15) is 0 Å². The lowest BCUT2D eigenvalue weighted by Gasteiger charge is -2.19. The summed E-state index contributed by atoms with van der Waals surface area (Å²) >= 11 is 0. The molecule has 1 aromatic heterocycles. The molecule has 146 valence electrons. The molecular formula is C19H21F3N2O3. The first-order chi connectivity index (χ1) is 12.6. The van der Waals surface area contributed by atoms with E-state index in [4.69, 9.17) is 9.90 Å². The third-order valence-corrected chi connectivity index (χ3v) is 4.24. The Kier molecular flexibility index (Phi) is 6.79. The lowest BCUT2D eigenvalue weighted by atomic mass is 10.1. The van der Waals surface area contributed by atoms with Crippen molar-refractivity contribution in [3.63, 3.8) is 0 Å². The van der Waals surface area contributed by atoms with Crippen molar-refractivity contribution in [3.05, 3.63) is 69.1 Å². The maximum atomic E-state index is 11.4. The van der Waals surface area contributed by atoms with E-state index in [-0.39, 0.29) is 5.56 Å². The summed E-state index contributed by atoms with van der Waals surface area (Å²) in [6.07, 6.45) is -3.14. The van der Waals surface area contributed by atoms with Gasteiger partial charge in [0.2, 0.25) is 5.56 Å². The Morgan fingerprint density at radius 3 is 2.30 bits per heavy atom. The summed E-state index contributed by atoms with van der Waals surface area (Å²) in [5.74, 6) is -2.76. The van der Waals surface area contributed by atoms with Gasteiger partial charge in [-0.1, -0.05) is 35.9 Å². The maximum Gasteiger partial charge on any atom is 0.490 e. The number of halogens is 3. The minimum atomic E-state index is -5.08. The minimum Gasteiger partial charge on any atom is -0.475 e. The number of H-pyrrole nitrogens is 1. The van der Waals surface area contributed by atoms with Gasteiger partial charge in [0.05, 0.1) is 0 Å². The van der Waals surface area contributed by atoms with Crippen molar-refractivity contribution < 1.29 is 23.1 Å². The van der Waals surface area contributed by atoms with E-state index in [9.17, 15) is 18.0 Å². The Labute approximate surface area is 154 Å². The summed E-state index contributed by atoms with van der Waals surface area (Å²) < 4.78 is 31.7. The third kappa shape index (κ3) is 6.56. The molecule has 0 fully saturated rings. The molecular weight excluding hydrogens is 361 g/mol. The summed E-state index contributed by atoms with van der Waals surface area (Å²) in [7, 11) is 0. The fourth-order valence-electron chi connectivity index (χ4n) is 2.77. The zero-order valence-electron chi connectivity index (χ0n) is 14.8. The number of nitrogens with one attached hydrogen (secondary N) is 1. The largest absolute Gasteiger partial charge is 0.490 e. The Morgan fingerprint density at radius 2 is 1.70 bits per heavy atom. The highest BCUT2D eigenvalue weighted by molar-refractivity contribution is 5.73. The molecule has 2 heterocycles. The van der Waals surface area contributed by atoms with Gasteiger partial charge in [0.15, 0.2) is 0 Å². The zero-order valence-corrected chi connectivity index (χ0v) is 14.8. The van der Waals surface area contributed by atoms with Gasteiger partial charge in [-0.05, 0) is 24.5 Å². The second-order valence-corrected chi connectivity index (χ2v) is 6.39. The van der Waals surface area contributed by atoms with Crippen molar-refractivity contribution in [1.82, 2.24) is 9.88 Å². The molecule has 2 aromatic rings. The van der Waals surface area contributed by atoms with E-state index in [0.717, 1.165) is 38.2 Å². The summed E-state index contributed by atoms with van der Waals surface area (Å²) in [5.41, 5.74) is 5.07. The number of hydrogen-bond donors (Lipinski definition) is 2. The van der Waals surface area contributed by atoms with Gasteiger partial charge in [-0.25, -0.2) is 4.79 Å². The average Bonchev–Trinajstić information content (AvgIpc) is 2.79. The molecule has 8 heteroatoms. The van der Waals surface area contributed by atoms with Gasteiger partial charge in [-0.2, -0.15) is 13.2 Å². The van der Waals surface area contributed by atoms with Gasteiger partial charge in [-0.3, -0.25) is 9.69 Å². The molecule has 1 aromatic carbocycles. The number of pyridine rings is 1. The smallest absolute Gasteiger partial charge is 0.475 e. The van der Waals surface area contributed by atoms with Crippen molar-refractivity contribution in [1.29, 1.82) is 0 Å². The summed E-state index contributed by atoms with van der Waals surface area (Å²) in [5, 5.41) is 7.12. The molecule has 0 amide bonds. The number of aryl methyl sites for hydroxylation is 1. The van der Waals surface area contributed by atoms with Crippen molar-refractivity contribution in [3.8, 4) is 0 Å². The summed E-state index contributed by atoms with van der Waals surface area (Å²) in [6, 6.07) is 12.3. The SMILES string of the molecule is Cc1ccc(CN2CCc3ccc(=O)[nH]c3CC2)cc1.O=C(O)C(F)(F)F. The number of benzene rings is 1. The number of aromatic amines is 1. The van der Waals surface area contributed by atoms with Gasteiger partial charge < -0.3 is 10.1 Å². The number of carboxylic acids is 1. The lowest BCUT2D eigenvalue weighted by Crippen LogP contribution is -2.25. The maximum absolute atomic E-state index is 11.4. The van der Waals surface area contributed by atoms with Crippen LogP contribution in [0.2, 0.25) is 0 Å². The molecule has 0 bridgehead atoms.